The van der Waals surface area contributed by atoms with E-state index in [4.69, 9.17) is 14.2 Å². The number of benzene rings is 2. The average molecular weight is 465 g/mol. The van der Waals surface area contributed by atoms with E-state index in [0.717, 1.165) is 17.6 Å². The molecular formula is C20H20N2O7S2. The van der Waals surface area contributed by atoms with Crippen LogP contribution in [0.1, 0.15) is 0 Å². The summed E-state index contributed by atoms with van der Waals surface area (Å²) in [6.45, 7) is -0.508. The van der Waals surface area contributed by atoms with E-state index in [9.17, 15) is 18.0 Å². The molecule has 0 saturated carbocycles. The van der Waals surface area contributed by atoms with Gasteiger partial charge in [0.2, 0.25) is 0 Å². The van der Waals surface area contributed by atoms with Crippen LogP contribution in [0.25, 0.3) is 10.2 Å². The summed E-state index contributed by atoms with van der Waals surface area (Å²) in [4.78, 5) is 28.7. The summed E-state index contributed by atoms with van der Waals surface area (Å²) in [6, 6.07) is 11.3. The van der Waals surface area contributed by atoms with Gasteiger partial charge in [-0.15, -0.1) is 0 Å². The van der Waals surface area contributed by atoms with Gasteiger partial charge in [0.05, 0.1) is 29.3 Å². The lowest BCUT2D eigenvalue weighted by Crippen LogP contribution is -2.23. The number of sulfone groups is 1. The molecule has 3 aromatic rings. The first-order valence-electron chi connectivity index (χ1n) is 8.96. The number of carbonyl (C=O) groups is 2. The van der Waals surface area contributed by atoms with Gasteiger partial charge in [0.25, 0.3) is 5.91 Å². The second-order valence-electron chi connectivity index (χ2n) is 6.42. The molecule has 1 aromatic heterocycles. The molecule has 0 aliphatic heterocycles. The molecule has 0 saturated heterocycles. The molecule has 164 valence electrons. The van der Waals surface area contributed by atoms with Crippen molar-refractivity contribution >= 4 is 43.3 Å². The Balaban J connectivity index is 1.95. The number of fused-ring (bicyclic) bond motifs is 1. The molecule has 0 bridgehead atoms. The van der Waals surface area contributed by atoms with Crippen molar-refractivity contribution in [3.8, 4) is 11.5 Å². The van der Waals surface area contributed by atoms with E-state index < -0.39 is 21.7 Å². The molecule has 3 rings (SSSR count). The highest BCUT2D eigenvalue weighted by Gasteiger charge is 2.15. The zero-order valence-electron chi connectivity index (χ0n) is 17.0. The Labute approximate surface area is 182 Å². The van der Waals surface area contributed by atoms with Gasteiger partial charge in [-0.05, 0) is 30.3 Å². The lowest BCUT2D eigenvalue weighted by molar-refractivity contribution is -0.141. The van der Waals surface area contributed by atoms with Crippen LogP contribution in [0.2, 0.25) is 0 Å². The summed E-state index contributed by atoms with van der Waals surface area (Å²) < 4.78 is 41.1. The van der Waals surface area contributed by atoms with Gasteiger partial charge in [0, 0.05) is 12.3 Å². The van der Waals surface area contributed by atoms with Crippen LogP contribution in [0.4, 0.5) is 0 Å². The quantitative estimate of drug-likeness (QED) is 0.490. The topological polar surface area (TPSA) is 113 Å². The van der Waals surface area contributed by atoms with Crippen LogP contribution in [0.5, 0.6) is 11.5 Å². The third kappa shape index (κ3) is 5.50. The molecule has 11 heteroatoms. The fourth-order valence-electron chi connectivity index (χ4n) is 2.69. The summed E-state index contributed by atoms with van der Waals surface area (Å²) in [6.07, 6.45) is 1.11. The summed E-state index contributed by atoms with van der Waals surface area (Å²) in [5.41, 5.74) is 0.558. The largest absolute Gasteiger partial charge is 0.497 e. The molecule has 0 radical (unpaired) electrons. The lowest BCUT2D eigenvalue weighted by Gasteiger charge is -2.06. The van der Waals surface area contributed by atoms with Gasteiger partial charge in [-0.25, -0.2) is 8.42 Å². The minimum absolute atomic E-state index is 0.130. The number of ether oxygens (including phenoxy) is 3. The van der Waals surface area contributed by atoms with Crippen LogP contribution < -0.4 is 14.3 Å². The number of hydrogen-bond donors (Lipinski definition) is 0. The third-order valence-corrected chi connectivity index (χ3v) is 6.37. The molecule has 9 nitrogen and oxygen atoms in total. The fourth-order valence-corrected chi connectivity index (χ4v) is 4.50. The van der Waals surface area contributed by atoms with Crippen molar-refractivity contribution in [2.45, 2.75) is 11.4 Å². The highest BCUT2D eigenvalue weighted by atomic mass is 32.2. The van der Waals surface area contributed by atoms with Crippen LogP contribution >= 0.6 is 11.3 Å². The zero-order valence-corrected chi connectivity index (χ0v) is 18.7. The zero-order chi connectivity index (χ0) is 22.6. The molecule has 0 atom stereocenters. The number of aromatic nitrogens is 1. The predicted octanol–water partition coefficient (Wildman–Crippen LogP) is 1.79. The summed E-state index contributed by atoms with van der Waals surface area (Å²) in [7, 11) is -0.638. The fraction of sp³-hybridized carbons (Fsp3) is 0.250. The van der Waals surface area contributed by atoms with Crippen LogP contribution in [-0.2, 0) is 30.7 Å². The number of methoxy groups -OCH3 is 2. The Bertz CT molecular complexity index is 1310. The van der Waals surface area contributed by atoms with Crippen LogP contribution in [-0.4, -0.2) is 51.9 Å². The first-order valence-corrected chi connectivity index (χ1v) is 11.7. The van der Waals surface area contributed by atoms with Gasteiger partial charge < -0.3 is 18.8 Å². The van der Waals surface area contributed by atoms with Crippen molar-refractivity contribution in [3.63, 3.8) is 0 Å². The highest BCUT2D eigenvalue weighted by Crippen LogP contribution is 2.22. The number of amides is 1. The number of nitrogens with zero attached hydrogens (tertiary/aromatic N) is 2. The molecule has 1 amide bonds. The minimum Gasteiger partial charge on any atom is -0.497 e. The molecule has 0 unspecified atom stereocenters. The second kappa shape index (κ2) is 9.31. The third-order valence-electron chi connectivity index (χ3n) is 4.22. The smallest absolute Gasteiger partial charge is 0.325 e. The predicted molar refractivity (Wildman–Crippen MR) is 114 cm³/mol. The van der Waals surface area contributed by atoms with E-state index in [1.54, 1.807) is 30.3 Å². The normalized spacial score (nSPS) is 12.0. The maximum atomic E-state index is 12.4. The van der Waals surface area contributed by atoms with Gasteiger partial charge in [0.1, 0.15) is 18.0 Å². The highest BCUT2D eigenvalue weighted by molar-refractivity contribution is 7.90. The Morgan fingerprint density at radius 2 is 1.84 bits per heavy atom. The van der Waals surface area contributed by atoms with Gasteiger partial charge in [-0.2, -0.15) is 4.99 Å². The van der Waals surface area contributed by atoms with Crippen LogP contribution in [0, 0.1) is 0 Å². The van der Waals surface area contributed by atoms with Crippen molar-refractivity contribution in [3.05, 3.63) is 47.3 Å². The molecular weight excluding hydrogens is 444 g/mol. The van der Waals surface area contributed by atoms with Crippen molar-refractivity contribution in [2.24, 2.45) is 4.99 Å². The van der Waals surface area contributed by atoms with Gasteiger partial charge in [-0.1, -0.05) is 17.4 Å². The molecule has 2 aromatic carbocycles. The van der Waals surface area contributed by atoms with E-state index >= 15 is 0 Å². The van der Waals surface area contributed by atoms with Gasteiger partial charge in [0.15, 0.2) is 21.2 Å². The summed E-state index contributed by atoms with van der Waals surface area (Å²) in [5.74, 6) is -0.0757. The first-order chi connectivity index (χ1) is 14.7. The van der Waals surface area contributed by atoms with Crippen molar-refractivity contribution < 1.29 is 32.2 Å². The average Bonchev–Trinajstić information content (AvgIpc) is 3.07. The van der Waals surface area contributed by atoms with Crippen molar-refractivity contribution in [1.29, 1.82) is 0 Å². The lowest BCUT2D eigenvalue weighted by atomic mass is 10.3. The molecule has 0 spiro atoms. The summed E-state index contributed by atoms with van der Waals surface area (Å²) in [5, 5.41) is 0. The number of esters is 1. The SMILES string of the molecule is COC(=O)Cn1c(=NC(=O)COc2cccc(OC)c2)sc2cc(S(C)(=O)=O)ccc21. The number of hydrogen-bond acceptors (Lipinski definition) is 8. The number of thiazole rings is 1. The number of rotatable bonds is 7. The van der Waals surface area contributed by atoms with E-state index in [1.807, 2.05) is 0 Å². The molecule has 1 heterocycles. The molecule has 0 fully saturated rings. The monoisotopic (exact) mass is 464 g/mol. The molecule has 0 aliphatic rings. The standard InChI is InChI=1S/C20H20N2O7S2/c1-27-13-5-4-6-14(9-13)29-12-18(23)21-20-22(11-19(24)28-2)16-8-7-15(31(3,25)26)10-17(16)30-20/h4-10H,11-12H2,1-3H3. The minimum atomic E-state index is -3.42. The van der Waals surface area contributed by atoms with E-state index in [2.05, 4.69) is 4.99 Å². The Kier molecular flexibility index (Phi) is 6.76. The number of carbonyl (C=O) groups excluding carboxylic acids is 2. The van der Waals surface area contributed by atoms with Gasteiger partial charge in [-0.3, -0.25) is 9.59 Å². The Hall–Kier alpha value is -3.18. The van der Waals surface area contributed by atoms with Crippen LogP contribution in [0.15, 0.2) is 52.4 Å². The molecule has 0 N–H and O–H groups in total. The van der Waals surface area contributed by atoms with E-state index in [1.165, 1.54) is 30.9 Å². The van der Waals surface area contributed by atoms with E-state index in [0.29, 0.717) is 21.7 Å². The Morgan fingerprint density at radius 1 is 1.10 bits per heavy atom. The summed E-state index contributed by atoms with van der Waals surface area (Å²) >= 11 is 1.09. The van der Waals surface area contributed by atoms with Crippen molar-refractivity contribution in [1.82, 2.24) is 4.57 Å². The molecule has 0 aliphatic carbocycles. The van der Waals surface area contributed by atoms with E-state index in [-0.39, 0.29) is 22.8 Å². The Morgan fingerprint density at radius 3 is 2.52 bits per heavy atom. The molecule has 31 heavy (non-hydrogen) atoms. The van der Waals surface area contributed by atoms with Gasteiger partial charge >= 0.3 is 5.97 Å². The maximum Gasteiger partial charge on any atom is 0.325 e. The van der Waals surface area contributed by atoms with Crippen molar-refractivity contribution in [2.75, 3.05) is 27.1 Å². The maximum absolute atomic E-state index is 12.4. The second-order valence-corrected chi connectivity index (χ2v) is 9.45. The first kappa shape index (κ1) is 22.5. The van der Waals surface area contributed by atoms with Crippen LogP contribution in [0.3, 0.4) is 0 Å².